The number of carbonyl (C=O) groups is 2. The maximum Gasteiger partial charge on any atom is 0.292 e. The van der Waals surface area contributed by atoms with Crippen LogP contribution >= 0.6 is 0 Å². The number of benzene rings is 1. The maximum absolute atomic E-state index is 13.5. The number of piperidine rings is 1. The molecule has 3 aromatic rings. The van der Waals surface area contributed by atoms with Crippen LogP contribution in [-0.2, 0) is 0 Å². The number of halogens is 1. The number of carbonyl (C=O) groups excluding carboxylic acids is 2. The third-order valence-electron chi connectivity index (χ3n) is 5.55. The average Bonchev–Trinajstić information content (AvgIpc) is 3.28. The summed E-state index contributed by atoms with van der Waals surface area (Å²) in [7, 11) is 3.37. The molecule has 1 fully saturated rings. The summed E-state index contributed by atoms with van der Waals surface area (Å²) in [6, 6.07) is 7.50. The Balaban J connectivity index is 1.49. The molecule has 1 aromatic carbocycles. The molecule has 32 heavy (non-hydrogen) atoms. The minimum Gasteiger partial charge on any atom is -0.350 e. The van der Waals surface area contributed by atoms with Gasteiger partial charge in [-0.2, -0.15) is 0 Å². The molecule has 0 unspecified atom stereocenters. The minimum absolute atomic E-state index is 0.0412. The second-order valence-electron chi connectivity index (χ2n) is 8.10. The van der Waals surface area contributed by atoms with E-state index in [4.69, 9.17) is 4.52 Å². The molecule has 4 rings (SSSR count). The van der Waals surface area contributed by atoms with Gasteiger partial charge in [0.15, 0.2) is 0 Å². The summed E-state index contributed by atoms with van der Waals surface area (Å²) in [6.45, 7) is 2.81. The summed E-state index contributed by atoms with van der Waals surface area (Å²) < 4.78 is 18.7. The van der Waals surface area contributed by atoms with Gasteiger partial charge in [0, 0.05) is 50.9 Å². The molecule has 1 atom stereocenters. The Bertz CT molecular complexity index is 1160. The van der Waals surface area contributed by atoms with Crippen LogP contribution in [0.3, 0.4) is 0 Å². The Morgan fingerprint density at radius 3 is 2.78 bits per heavy atom. The molecule has 0 saturated carbocycles. The molecule has 1 saturated heterocycles. The van der Waals surface area contributed by atoms with Crippen LogP contribution in [-0.4, -0.2) is 63.9 Å². The van der Waals surface area contributed by atoms with Gasteiger partial charge in [-0.1, -0.05) is 17.3 Å². The van der Waals surface area contributed by atoms with E-state index in [-0.39, 0.29) is 29.3 Å². The monoisotopic (exact) mass is 437 g/mol. The first kappa shape index (κ1) is 21.6. The number of amides is 2. The highest BCUT2D eigenvalue weighted by Crippen LogP contribution is 2.27. The minimum atomic E-state index is -0.383. The van der Waals surface area contributed by atoms with Gasteiger partial charge in [-0.05, 0) is 31.9 Å². The van der Waals surface area contributed by atoms with Crippen molar-refractivity contribution in [2.75, 3.05) is 27.2 Å². The summed E-state index contributed by atoms with van der Waals surface area (Å²) in [5.41, 5.74) is 2.03. The summed E-state index contributed by atoms with van der Waals surface area (Å²) >= 11 is 0. The standard InChI is InChI=1S/C23H24FN5O3/c1-14-18(22(30)28(2)3)12-25-21(26-14)16-7-5-9-29(13-16)23(31)20-11-19(27-32-20)15-6-4-8-17(24)10-15/h4,6,8,10-12,16H,5,7,9,13H2,1-3H3/t16-/m1/s1. The van der Waals surface area contributed by atoms with Crippen molar-refractivity contribution in [3.63, 3.8) is 0 Å². The molecule has 0 radical (unpaired) electrons. The van der Waals surface area contributed by atoms with Crippen molar-refractivity contribution in [2.24, 2.45) is 0 Å². The number of aryl methyl sites for hydroxylation is 1. The molecule has 1 aliphatic heterocycles. The van der Waals surface area contributed by atoms with Crippen LogP contribution in [0, 0.1) is 12.7 Å². The van der Waals surface area contributed by atoms with E-state index in [9.17, 15) is 14.0 Å². The van der Waals surface area contributed by atoms with Crippen LogP contribution in [0.25, 0.3) is 11.3 Å². The van der Waals surface area contributed by atoms with Crippen LogP contribution in [0.15, 0.2) is 41.1 Å². The van der Waals surface area contributed by atoms with Crippen LogP contribution < -0.4 is 0 Å². The van der Waals surface area contributed by atoms with Crippen LogP contribution in [0.2, 0.25) is 0 Å². The Morgan fingerprint density at radius 2 is 2.06 bits per heavy atom. The van der Waals surface area contributed by atoms with Crippen LogP contribution in [0.5, 0.6) is 0 Å². The van der Waals surface area contributed by atoms with Gasteiger partial charge >= 0.3 is 0 Å². The molecular formula is C23H24FN5O3. The van der Waals surface area contributed by atoms with Gasteiger partial charge in [0.25, 0.3) is 11.8 Å². The smallest absolute Gasteiger partial charge is 0.292 e. The average molecular weight is 437 g/mol. The third-order valence-corrected chi connectivity index (χ3v) is 5.55. The topological polar surface area (TPSA) is 92.4 Å². The molecule has 8 nitrogen and oxygen atoms in total. The highest BCUT2D eigenvalue weighted by molar-refractivity contribution is 5.94. The van der Waals surface area contributed by atoms with Crippen molar-refractivity contribution in [2.45, 2.75) is 25.7 Å². The van der Waals surface area contributed by atoms with E-state index >= 15 is 0 Å². The summed E-state index contributed by atoms with van der Waals surface area (Å²) in [5, 5.41) is 3.92. The Hall–Kier alpha value is -3.62. The van der Waals surface area contributed by atoms with Crippen molar-refractivity contribution in [1.82, 2.24) is 24.9 Å². The maximum atomic E-state index is 13.5. The van der Waals surface area contributed by atoms with E-state index in [1.807, 2.05) is 0 Å². The van der Waals surface area contributed by atoms with E-state index < -0.39 is 0 Å². The lowest BCUT2D eigenvalue weighted by molar-refractivity contribution is 0.0662. The lowest BCUT2D eigenvalue weighted by Crippen LogP contribution is -2.39. The van der Waals surface area contributed by atoms with Gasteiger partial charge in [-0.25, -0.2) is 14.4 Å². The lowest BCUT2D eigenvalue weighted by Gasteiger charge is -2.31. The van der Waals surface area contributed by atoms with Crippen molar-refractivity contribution in [3.05, 3.63) is 65.2 Å². The zero-order valence-electron chi connectivity index (χ0n) is 18.2. The Morgan fingerprint density at radius 1 is 1.25 bits per heavy atom. The summed E-state index contributed by atoms with van der Waals surface area (Å²) in [5.74, 6) is -0.122. The van der Waals surface area contributed by atoms with Gasteiger partial charge in [0.1, 0.15) is 17.3 Å². The molecule has 1 aliphatic rings. The predicted octanol–water partition coefficient (Wildman–Crippen LogP) is 3.30. The van der Waals surface area contributed by atoms with E-state index in [0.717, 1.165) is 12.8 Å². The van der Waals surface area contributed by atoms with Crippen molar-refractivity contribution in [1.29, 1.82) is 0 Å². The number of hydrogen-bond acceptors (Lipinski definition) is 6. The fourth-order valence-corrected chi connectivity index (χ4v) is 3.82. The highest BCUT2D eigenvalue weighted by atomic mass is 19.1. The first-order chi connectivity index (χ1) is 15.3. The normalized spacial score (nSPS) is 16.1. The van der Waals surface area contributed by atoms with Crippen molar-refractivity contribution < 1.29 is 18.5 Å². The Kier molecular flexibility index (Phi) is 5.98. The number of aromatic nitrogens is 3. The van der Waals surface area contributed by atoms with Gasteiger partial charge in [-0.3, -0.25) is 9.59 Å². The quantitative estimate of drug-likeness (QED) is 0.622. The van der Waals surface area contributed by atoms with Gasteiger partial charge in [0.05, 0.1) is 11.3 Å². The fraction of sp³-hybridized carbons (Fsp3) is 0.348. The first-order valence-corrected chi connectivity index (χ1v) is 10.4. The largest absolute Gasteiger partial charge is 0.350 e. The Labute approximate surface area is 185 Å². The van der Waals surface area contributed by atoms with E-state index in [2.05, 4.69) is 15.1 Å². The predicted molar refractivity (Wildman–Crippen MR) is 115 cm³/mol. The lowest BCUT2D eigenvalue weighted by atomic mass is 9.96. The van der Waals surface area contributed by atoms with E-state index in [1.165, 1.54) is 23.1 Å². The van der Waals surface area contributed by atoms with Crippen LogP contribution in [0.1, 0.15) is 51.2 Å². The molecule has 9 heteroatoms. The SMILES string of the molecule is Cc1nc([C@@H]2CCCN(C(=O)c3cc(-c4cccc(F)c4)no3)C2)ncc1C(=O)N(C)C. The second-order valence-corrected chi connectivity index (χ2v) is 8.10. The second kappa shape index (κ2) is 8.86. The molecule has 0 N–H and O–H groups in total. The van der Waals surface area contributed by atoms with Crippen molar-refractivity contribution in [3.8, 4) is 11.3 Å². The molecule has 0 spiro atoms. The van der Waals surface area contributed by atoms with E-state index in [0.29, 0.717) is 41.4 Å². The summed E-state index contributed by atoms with van der Waals surface area (Å²) in [4.78, 5) is 37.4. The molecular weight excluding hydrogens is 413 g/mol. The van der Waals surface area contributed by atoms with Crippen molar-refractivity contribution >= 4 is 11.8 Å². The number of hydrogen-bond donors (Lipinski definition) is 0. The molecule has 0 bridgehead atoms. The third kappa shape index (κ3) is 4.37. The molecule has 0 aliphatic carbocycles. The summed E-state index contributed by atoms with van der Waals surface area (Å²) in [6.07, 6.45) is 3.19. The first-order valence-electron chi connectivity index (χ1n) is 10.4. The number of nitrogens with zero attached hydrogens (tertiary/aromatic N) is 5. The van der Waals surface area contributed by atoms with Gasteiger partial charge in [-0.15, -0.1) is 0 Å². The van der Waals surface area contributed by atoms with Gasteiger partial charge in [0.2, 0.25) is 5.76 Å². The zero-order chi connectivity index (χ0) is 22.8. The highest BCUT2D eigenvalue weighted by Gasteiger charge is 2.30. The zero-order valence-corrected chi connectivity index (χ0v) is 18.2. The van der Waals surface area contributed by atoms with E-state index in [1.54, 1.807) is 44.2 Å². The fourth-order valence-electron chi connectivity index (χ4n) is 3.82. The van der Waals surface area contributed by atoms with Gasteiger partial charge < -0.3 is 14.3 Å². The number of likely N-dealkylation sites (tertiary alicyclic amines) is 1. The molecule has 166 valence electrons. The molecule has 2 amide bonds. The van der Waals surface area contributed by atoms with Crippen LogP contribution in [0.4, 0.5) is 4.39 Å². The number of rotatable bonds is 4. The molecule has 3 heterocycles. The molecule has 2 aromatic heterocycles.